The van der Waals surface area contributed by atoms with Crippen LogP contribution >= 0.6 is 0 Å². The fraction of sp³-hybridized carbons (Fsp3) is 0.167. The number of hydrogen-bond donors (Lipinski definition) is 2. The van der Waals surface area contributed by atoms with Gasteiger partial charge in [0, 0.05) is 12.1 Å². The molecule has 2 rings (SSSR count). The van der Waals surface area contributed by atoms with E-state index in [1.807, 2.05) is 0 Å². The number of amides is 1. The SMILES string of the molecule is O=C(CCOc1cccc(F)c1)Nc1ccn[nH]1. The zero-order valence-corrected chi connectivity index (χ0v) is 9.52. The molecule has 0 bridgehead atoms. The highest BCUT2D eigenvalue weighted by molar-refractivity contribution is 5.89. The second-order valence-corrected chi connectivity index (χ2v) is 3.57. The van der Waals surface area contributed by atoms with Gasteiger partial charge in [0.15, 0.2) is 0 Å². The molecule has 1 aromatic carbocycles. The topological polar surface area (TPSA) is 67.0 Å². The van der Waals surface area contributed by atoms with Crippen LogP contribution in [0.3, 0.4) is 0 Å². The molecule has 2 N–H and O–H groups in total. The van der Waals surface area contributed by atoms with Crippen molar-refractivity contribution in [3.63, 3.8) is 0 Å². The molecule has 6 heteroatoms. The summed E-state index contributed by atoms with van der Waals surface area (Å²) in [6.45, 7) is 0.184. The van der Waals surface area contributed by atoms with Gasteiger partial charge in [0.05, 0.1) is 19.2 Å². The van der Waals surface area contributed by atoms with Crippen LogP contribution in [0.15, 0.2) is 36.5 Å². The van der Waals surface area contributed by atoms with Crippen molar-refractivity contribution >= 4 is 11.7 Å². The number of halogens is 1. The van der Waals surface area contributed by atoms with E-state index in [9.17, 15) is 9.18 Å². The van der Waals surface area contributed by atoms with E-state index in [1.54, 1.807) is 24.4 Å². The van der Waals surface area contributed by atoms with Gasteiger partial charge in [-0.3, -0.25) is 9.89 Å². The lowest BCUT2D eigenvalue weighted by molar-refractivity contribution is -0.116. The third kappa shape index (κ3) is 3.58. The predicted octanol–water partition coefficient (Wildman–Crippen LogP) is 1.96. The first-order valence-corrected chi connectivity index (χ1v) is 5.41. The number of H-pyrrole nitrogens is 1. The van der Waals surface area contributed by atoms with Crippen molar-refractivity contribution in [3.8, 4) is 5.75 Å². The lowest BCUT2D eigenvalue weighted by Crippen LogP contribution is -2.15. The van der Waals surface area contributed by atoms with E-state index >= 15 is 0 Å². The van der Waals surface area contributed by atoms with Crippen LogP contribution < -0.4 is 10.1 Å². The molecule has 0 atom stereocenters. The molecule has 0 aliphatic carbocycles. The largest absolute Gasteiger partial charge is 0.493 e. The molecule has 0 unspecified atom stereocenters. The summed E-state index contributed by atoms with van der Waals surface area (Å²) in [5.74, 6) is 0.375. The number of hydrogen-bond acceptors (Lipinski definition) is 3. The highest BCUT2D eigenvalue weighted by Crippen LogP contribution is 2.12. The Labute approximate surface area is 103 Å². The Morgan fingerprint density at radius 1 is 1.44 bits per heavy atom. The molecular formula is C12H12FN3O2. The number of carbonyl (C=O) groups is 1. The second kappa shape index (κ2) is 5.81. The monoisotopic (exact) mass is 249 g/mol. The molecule has 0 saturated carbocycles. The zero-order chi connectivity index (χ0) is 12.8. The highest BCUT2D eigenvalue weighted by atomic mass is 19.1. The summed E-state index contributed by atoms with van der Waals surface area (Å²) in [5, 5.41) is 8.92. The Kier molecular flexibility index (Phi) is 3.90. The Balaban J connectivity index is 1.73. The Morgan fingerprint density at radius 3 is 3.06 bits per heavy atom. The van der Waals surface area contributed by atoms with Gasteiger partial charge in [-0.1, -0.05) is 6.07 Å². The fourth-order valence-corrected chi connectivity index (χ4v) is 1.36. The summed E-state index contributed by atoms with van der Waals surface area (Å²) < 4.78 is 18.1. The molecule has 0 radical (unpaired) electrons. The summed E-state index contributed by atoms with van der Waals surface area (Å²) in [4.78, 5) is 11.5. The summed E-state index contributed by atoms with van der Waals surface area (Å²) in [5.41, 5.74) is 0. The van der Waals surface area contributed by atoms with Gasteiger partial charge in [-0.05, 0) is 12.1 Å². The molecular weight excluding hydrogens is 237 g/mol. The highest BCUT2D eigenvalue weighted by Gasteiger charge is 2.03. The van der Waals surface area contributed by atoms with Crippen LogP contribution in [0, 0.1) is 5.82 Å². The molecule has 2 aromatic rings. The standard InChI is InChI=1S/C12H12FN3O2/c13-9-2-1-3-10(8-9)18-7-5-12(17)15-11-4-6-14-16-11/h1-4,6,8H,5,7H2,(H2,14,15,16,17). The summed E-state index contributed by atoms with van der Waals surface area (Å²) >= 11 is 0. The maximum atomic E-state index is 12.8. The average molecular weight is 249 g/mol. The number of carbonyl (C=O) groups excluding carboxylic acids is 1. The number of nitrogens with one attached hydrogen (secondary N) is 2. The molecule has 94 valence electrons. The second-order valence-electron chi connectivity index (χ2n) is 3.57. The molecule has 0 aliphatic heterocycles. The smallest absolute Gasteiger partial charge is 0.228 e. The number of aromatic nitrogens is 2. The van der Waals surface area contributed by atoms with Gasteiger partial charge in [-0.2, -0.15) is 5.10 Å². The molecule has 1 amide bonds. The zero-order valence-electron chi connectivity index (χ0n) is 9.52. The Morgan fingerprint density at radius 2 is 2.33 bits per heavy atom. The van der Waals surface area contributed by atoms with E-state index in [4.69, 9.17) is 4.74 Å². The van der Waals surface area contributed by atoms with Crippen LogP contribution in [0.2, 0.25) is 0 Å². The number of rotatable bonds is 5. The molecule has 18 heavy (non-hydrogen) atoms. The first kappa shape index (κ1) is 12.1. The summed E-state index contributed by atoms with van der Waals surface area (Å²) in [6.07, 6.45) is 1.72. The van der Waals surface area contributed by atoms with Crippen LogP contribution in [-0.4, -0.2) is 22.7 Å². The van der Waals surface area contributed by atoms with E-state index in [-0.39, 0.29) is 24.8 Å². The molecule has 0 spiro atoms. The third-order valence-electron chi connectivity index (χ3n) is 2.17. The van der Waals surface area contributed by atoms with Crippen molar-refractivity contribution in [2.24, 2.45) is 0 Å². The number of benzene rings is 1. The molecule has 5 nitrogen and oxygen atoms in total. The van der Waals surface area contributed by atoms with Gasteiger partial charge in [-0.15, -0.1) is 0 Å². The van der Waals surface area contributed by atoms with Gasteiger partial charge in [0.1, 0.15) is 17.4 Å². The van der Waals surface area contributed by atoms with Crippen LogP contribution in [-0.2, 0) is 4.79 Å². The Bertz CT molecular complexity index is 514. The van der Waals surface area contributed by atoms with E-state index in [1.165, 1.54) is 12.1 Å². The lowest BCUT2D eigenvalue weighted by Gasteiger charge is -2.06. The molecule has 1 aromatic heterocycles. The van der Waals surface area contributed by atoms with Crippen LogP contribution in [0.5, 0.6) is 5.75 Å². The first-order chi connectivity index (χ1) is 8.74. The maximum Gasteiger partial charge on any atom is 0.228 e. The minimum atomic E-state index is -0.366. The number of aromatic amines is 1. The van der Waals surface area contributed by atoms with Gasteiger partial charge >= 0.3 is 0 Å². The Hall–Kier alpha value is -2.37. The van der Waals surface area contributed by atoms with E-state index in [0.29, 0.717) is 11.6 Å². The summed E-state index contributed by atoms with van der Waals surface area (Å²) in [7, 11) is 0. The third-order valence-corrected chi connectivity index (χ3v) is 2.17. The number of nitrogens with zero attached hydrogens (tertiary/aromatic N) is 1. The van der Waals surface area contributed by atoms with E-state index in [0.717, 1.165) is 0 Å². The van der Waals surface area contributed by atoms with Gasteiger partial charge in [0.2, 0.25) is 5.91 Å². The van der Waals surface area contributed by atoms with Crippen molar-refractivity contribution in [2.75, 3.05) is 11.9 Å². The molecule has 0 saturated heterocycles. The minimum absolute atomic E-state index is 0.176. The van der Waals surface area contributed by atoms with Crippen molar-refractivity contribution in [3.05, 3.63) is 42.3 Å². The van der Waals surface area contributed by atoms with Gasteiger partial charge in [0.25, 0.3) is 0 Å². The van der Waals surface area contributed by atoms with Crippen LogP contribution in [0.4, 0.5) is 10.2 Å². The lowest BCUT2D eigenvalue weighted by atomic mass is 10.3. The molecule has 1 heterocycles. The van der Waals surface area contributed by atoms with Crippen LogP contribution in [0.1, 0.15) is 6.42 Å². The number of anilines is 1. The normalized spacial score (nSPS) is 10.1. The van der Waals surface area contributed by atoms with Crippen molar-refractivity contribution in [2.45, 2.75) is 6.42 Å². The molecule has 0 fully saturated rings. The number of ether oxygens (including phenoxy) is 1. The quantitative estimate of drug-likeness (QED) is 0.851. The maximum absolute atomic E-state index is 12.8. The average Bonchev–Trinajstić information content (AvgIpc) is 2.82. The minimum Gasteiger partial charge on any atom is -0.493 e. The first-order valence-electron chi connectivity index (χ1n) is 5.41. The summed E-state index contributed by atoms with van der Waals surface area (Å²) in [6, 6.07) is 7.43. The van der Waals surface area contributed by atoms with Crippen LogP contribution in [0.25, 0.3) is 0 Å². The molecule has 0 aliphatic rings. The van der Waals surface area contributed by atoms with E-state index in [2.05, 4.69) is 15.5 Å². The fourth-order valence-electron chi connectivity index (χ4n) is 1.36. The van der Waals surface area contributed by atoms with Crippen molar-refractivity contribution in [1.29, 1.82) is 0 Å². The van der Waals surface area contributed by atoms with Gasteiger partial charge in [-0.25, -0.2) is 4.39 Å². The predicted molar refractivity (Wildman–Crippen MR) is 63.7 cm³/mol. The van der Waals surface area contributed by atoms with E-state index < -0.39 is 0 Å². The van der Waals surface area contributed by atoms with Crippen molar-refractivity contribution < 1.29 is 13.9 Å². The van der Waals surface area contributed by atoms with Crippen molar-refractivity contribution in [1.82, 2.24) is 10.2 Å². The van der Waals surface area contributed by atoms with Gasteiger partial charge < -0.3 is 10.1 Å².